The van der Waals surface area contributed by atoms with Gasteiger partial charge in [0.2, 0.25) is 0 Å². The van der Waals surface area contributed by atoms with Crippen molar-refractivity contribution in [2.24, 2.45) is 5.73 Å². The van der Waals surface area contributed by atoms with Crippen LogP contribution in [0.25, 0.3) is 0 Å². The number of hydrogen-bond donors (Lipinski definition) is 1. The fraction of sp³-hybridized carbons (Fsp3) is 0.688. The molecule has 0 spiro atoms. The van der Waals surface area contributed by atoms with E-state index < -0.39 is 5.67 Å². The summed E-state index contributed by atoms with van der Waals surface area (Å²) in [4.78, 5) is 8.92. The van der Waals surface area contributed by atoms with Crippen LogP contribution in [0, 0.1) is 0 Å². The van der Waals surface area contributed by atoms with Crippen molar-refractivity contribution in [2.75, 3.05) is 51.3 Å². The maximum absolute atomic E-state index is 13.6. The topological polar surface area (TPSA) is 54.6 Å². The predicted octanol–water partition coefficient (Wildman–Crippen LogP) is 1.93. The van der Waals surface area contributed by atoms with E-state index in [-0.39, 0.29) is 13.2 Å². The van der Waals surface area contributed by atoms with Crippen molar-refractivity contribution in [1.29, 1.82) is 0 Å². The highest BCUT2D eigenvalue weighted by Gasteiger charge is 2.22. The van der Waals surface area contributed by atoms with Crippen molar-refractivity contribution < 1.29 is 9.13 Å². The van der Waals surface area contributed by atoms with Gasteiger partial charge in [-0.25, -0.2) is 9.37 Å². The summed E-state index contributed by atoms with van der Waals surface area (Å²) in [6.07, 6.45) is 1.64. The normalized spacial score (nSPS) is 18.2. The quantitative estimate of drug-likeness (QED) is 0.900. The highest BCUT2D eigenvalue weighted by atomic mass is 19.1. The third kappa shape index (κ3) is 5.77. The number of nitrogens with two attached hydrogens (primary N) is 1. The van der Waals surface area contributed by atoms with E-state index in [0.717, 1.165) is 32.0 Å². The molecule has 0 amide bonds. The second kappa shape index (κ2) is 8.90. The number of halogens is 1. The first-order chi connectivity index (χ1) is 10.5. The summed E-state index contributed by atoms with van der Waals surface area (Å²) in [6, 6.07) is 3.74. The van der Waals surface area contributed by atoms with Gasteiger partial charge in [-0.2, -0.15) is 0 Å². The Morgan fingerprint density at radius 2 is 1.91 bits per heavy atom. The van der Waals surface area contributed by atoms with Gasteiger partial charge in [-0.1, -0.05) is 13.8 Å². The van der Waals surface area contributed by atoms with Crippen molar-refractivity contribution in [3.63, 3.8) is 0 Å². The number of nitrogens with zero attached hydrogens (tertiary/aromatic N) is 3. The fourth-order valence-electron chi connectivity index (χ4n) is 1.97. The van der Waals surface area contributed by atoms with Crippen LogP contribution in [0.3, 0.4) is 0 Å². The summed E-state index contributed by atoms with van der Waals surface area (Å²) < 4.78 is 19.0. The Bertz CT molecular complexity index is 417. The van der Waals surface area contributed by atoms with Gasteiger partial charge in [-0.15, -0.1) is 0 Å². The summed E-state index contributed by atoms with van der Waals surface area (Å²) >= 11 is 0. The molecule has 2 N–H and O–H groups in total. The Balaban J connectivity index is 0.00000116. The summed E-state index contributed by atoms with van der Waals surface area (Å²) in [5.74, 6) is 1.51. The molecule has 5 nitrogen and oxygen atoms in total. The average molecular weight is 312 g/mol. The van der Waals surface area contributed by atoms with Crippen molar-refractivity contribution >= 4 is 5.82 Å². The van der Waals surface area contributed by atoms with Crippen LogP contribution in [-0.4, -0.2) is 61.9 Å². The van der Waals surface area contributed by atoms with Crippen molar-refractivity contribution in [3.8, 4) is 5.75 Å². The zero-order chi connectivity index (χ0) is 16.6. The molecule has 1 fully saturated rings. The van der Waals surface area contributed by atoms with E-state index in [1.807, 2.05) is 26.0 Å². The SMILES string of the molecule is CC.CN1CCN(c2ccc(OCC(C)(F)CN)cn2)CC1. The monoisotopic (exact) mass is 312 g/mol. The molecule has 2 heterocycles. The van der Waals surface area contributed by atoms with Crippen LogP contribution < -0.4 is 15.4 Å². The molecule has 1 atom stereocenters. The van der Waals surface area contributed by atoms with Crippen LogP contribution in [0.1, 0.15) is 20.8 Å². The van der Waals surface area contributed by atoms with Crippen LogP contribution in [-0.2, 0) is 0 Å². The summed E-state index contributed by atoms with van der Waals surface area (Å²) in [5.41, 5.74) is 3.82. The molecule has 1 unspecified atom stereocenters. The van der Waals surface area contributed by atoms with E-state index in [9.17, 15) is 4.39 Å². The van der Waals surface area contributed by atoms with E-state index in [0.29, 0.717) is 5.75 Å². The first-order valence-electron chi connectivity index (χ1n) is 7.91. The lowest BCUT2D eigenvalue weighted by Gasteiger charge is -2.33. The molecule has 1 aliphatic rings. The second-order valence-corrected chi connectivity index (χ2v) is 5.55. The second-order valence-electron chi connectivity index (χ2n) is 5.55. The molecule has 2 rings (SSSR count). The molecule has 1 aromatic heterocycles. The summed E-state index contributed by atoms with van der Waals surface area (Å²) in [6.45, 7) is 9.34. The van der Waals surface area contributed by atoms with Crippen LogP contribution in [0.15, 0.2) is 18.3 Å². The molecule has 6 heteroatoms. The molecule has 1 saturated heterocycles. The highest BCUT2D eigenvalue weighted by Crippen LogP contribution is 2.18. The van der Waals surface area contributed by atoms with E-state index in [1.54, 1.807) is 6.20 Å². The summed E-state index contributed by atoms with van der Waals surface area (Å²) in [5, 5.41) is 0. The van der Waals surface area contributed by atoms with Gasteiger partial charge in [0, 0.05) is 32.7 Å². The smallest absolute Gasteiger partial charge is 0.154 e. The summed E-state index contributed by atoms with van der Waals surface area (Å²) in [7, 11) is 2.12. The number of alkyl halides is 1. The van der Waals surface area contributed by atoms with Crippen molar-refractivity contribution in [2.45, 2.75) is 26.4 Å². The van der Waals surface area contributed by atoms with Crippen LogP contribution in [0.5, 0.6) is 5.75 Å². The van der Waals surface area contributed by atoms with Gasteiger partial charge in [0.25, 0.3) is 0 Å². The van der Waals surface area contributed by atoms with Crippen LogP contribution in [0.4, 0.5) is 10.2 Å². The number of hydrogen-bond acceptors (Lipinski definition) is 5. The Morgan fingerprint density at radius 1 is 1.27 bits per heavy atom. The Morgan fingerprint density at radius 3 is 2.41 bits per heavy atom. The van der Waals surface area contributed by atoms with Gasteiger partial charge in [0.05, 0.1) is 6.20 Å². The molecule has 0 bridgehead atoms. The number of pyridine rings is 1. The minimum atomic E-state index is -1.50. The first kappa shape index (κ1) is 18.6. The highest BCUT2D eigenvalue weighted by molar-refractivity contribution is 5.41. The van der Waals surface area contributed by atoms with E-state index in [2.05, 4.69) is 21.8 Å². The number of ether oxygens (including phenoxy) is 1. The maximum atomic E-state index is 13.6. The van der Waals surface area contributed by atoms with Gasteiger partial charge >= 0.3 is 0 Å². The number of aromatic nitrogens is 1. The Kier molecular flexibility index (Phi) is 7.55. The van der Waals surface area contributed by atoms with Gasteiger partial charge in [0.1, 0.15) is 18.2 Å². The van der Waals surface area contributed by atoms with Gasteiger partial charge in [-0.05, 0) is 26.1 Å². The van der Waals surface area contributed by atoms with E-state index >= 15 is 0 Å². The molecule has 1 aliphatic heterocycles. The van der Waals surface area contributed by atoms with Crippen molar-refractivity contribution in [1.82, 2.24) is 9.88 Å². The zero-order valence-corrected chi connectivity index (χ0v) is 14.2. The van der Waals surface area contributed by atoms with Crippen LogP contribution in [0.2, 0.25) is 0 Å². The lowest BCUT2D eigenvalue weighted by molar-refractivity contribution is 0.110. The molecule has 0 aliphatic carbocycles. The molecule has 22 heavy (non-hydrogen) atoms. The number of anilines is 1. The van der Waals surface area contributed by atoms with E-state index in [4.69, 9.17) is 10.5 Å². The third-order valence-electron chi connectivity index (χ3n) is 3.51. The average Bonchev–Trinajstić information content (AvgIpc) is 2.56. The van der Waals surface area contributed by atoms with Gasteiger partial charge < -0.3 is 20.3 Å². The number of rotatable bonds is 5. The molecule has 0 radical (unpaired) electrons. The minimum Gasteiger partial charge on any atom is -0.489 e. The molecule has 1 aromatic rings. The Hall–Kier alpha value is -1.40. The minimum absolute atomic E-state index is 0.0557. The van der Waals surface area contributed by atoms with Crippen molar-refractivity contribution in [3.05, 3.63) is 18.3 Å². The van der Waals surface area contributed by atoms with Crippen LogP contribution >= 0.6 is 0 Å². The molecular formula is C16H29FN4O. The van der Waals surface area contributed by atoms with E-state index in [1.165, 1.54) is 6.92 Å². The number of likely N-dealkylation sites (N-methyl/N-ethyl adjacent to an activating group) is 1. The Labute approximate surface area is 133 Å². The predicted molar refractivity (Wildman–Crippen MR) is 89.4 cm³/mol. The molecule has 0 aromatic carbocycles. The standard InChI is InChI=1S/C14H23FN4O.C2H6/c1-14(15,10-16)11-20-12-3-4-13(17-9-12)19-7-5-18(2)6-8-19;1-2/h3-4,9H,5-8,10-11,16H2,1-2H3;1-2H3. The maximum Gasteiger partial charge on any atom is 0.154 e. The molecular weight excluding hydrogens is 283 g/mol. The first-order valence-corrected chi connectivity index (χ1v) is 7.91. The molecule has 0 saturated carbocycles. The zero-order valence-electron chi connectivity index (χ0n) is 14.2. The lowest BCUT2D eigenvalue weighted by atomic mass is 10.1. The fourth-order valence-corrected chi connectivity index (χ4v) is 1.97. The molecule has 126 valence electrons. The third-order valence-corrected chi connectivity index (χ3v) is 3.51. The van der Waals surface area contributed by atoms with Gasteiger partial charge in [0.15, 0.2) is 5.67 Å². The lowest BCUT2D eigenvalue weighted by Crippen LogP contribution is -2.44. The number of piperazine rings is 1. The van der Waals surface area contributed by atoms with Gasteiger partial charge in [-0.3, -0.25) is 0 Å². The largest absolute Gasteiger partial charge is 0.489 e.